The first-order valence-electron chi connectivity index (χ1n) is 9.20. The molecule has 0 aliphatic heterocycles. The Balaban J connectivity index is 1.79. The van der Waals surface area contributed by atoms with Gasteiger partial charge in [0.05, 0.1) is 5.69 Å². The van der Waals surface area contributed by atoms with E-state index in [1.807, 2.05) is 67.6 Å². The van der Waals surface area contributed by atoms with Gasteiger partial charge < -0.3 is 14.7 Å². The van der Waals surface area contributed by atoms with Crippen molar-refractivity contribution in [1.82, 2.24) is 15.1 Å². The molecule has 6 nitrogen and oxygen atoms in total. The smallest absolute Gasteiger partial charge is 0.231 e. The van der Waals surface area contributed by atoms with Gasteiger partial charge in [-0.3, -0.25) is 0 Å². The first kappa shape index (κ1) is 17.7. The van der Waals surface area contributed by atoms with Crippen LogP contribution in [0.25, 0.3) is 11.3 Å². The highest BCUT2D eigenvalue weighted by atomic mass is 16.5. The summed E-state index contributed by atoms with van der Waals surface area (Å²) in [6.45, 7) is 4.72. The van der Waals surface area contributed by atoms with E-state index in [1.54, 1.807) is 0 Å². The molecule has 4 rings (SSSR count). The van der Waals surface area contributed by atoms with Crippen LogP contribution in [0.4, 0.5) is 23.3 Å². The molecule has 0 unspecified atom stereocenters. The number of hydrogen-bond donors (Lipinski definition) is 1. The number of anilines is 4. The quantitative estimate of drug-likeness (QED) is 0.493. The lowest BCUT2D eigenvalue weighted by Crippen LogP contribution is -2.18. The van der Waals surface area contributed by atoms with Crippen molar-refractivity contribution in [3.63, 3.8) is 0 Å². The fourth-order valence-corrected chi connectivity index (χ4v) is 3.01. The Morgan fingerprint density at radius 3 is 2.29 bits per heavy atom. The molecule has 0 bridgehead atoms. The van der Waals surface area contributed by atoms with Crippen LogP contribution >= 0.6 is 0 Å². The first-order chi connectivity index (χ1) is 13.7. The number of benzene rings is 2. The van der Waals surface area contributed by atoms with E-state index in [4.69, 9.17) is 9.51 Å². The Morgan fingerprint density at radius 2 is 1.64 bits per heavy atom. The maximum Gasteiger partial charge on any atom is 0.231 e. The van der Waals surface area contributed by atoms with Crippen molar-refractivity contribution in [1.29, 1.82) is 0 Å². The van der Waals surface area contributed by atoms with Crippen molar-refractivity contribution in [2.75, 3.05) is 16.8 Å². The highest BCUT2D eigenvalue weighted by molar-refractivity contribution is 5.69. The minimum absolute atomic E-state index is 0.471. The third-order valence-electron chi connectivity index (χ3n) is 4.31. The summed E-state index contributed by atoms with van der Waals surface area (Å²) < 4.78 is 5.14. The van der Waals surface area contributed by atoms with Crippen molar-refractivity contribution in [2.24, 2.45) is 0 Å². The van der Waals surface area contributed by atoms with Crippen LogP contribution < -0.4 is 10.2 Å². The number of rotatable bonds is 6. The average Bonchev–Trinajstić information content (AvgIpc) is 3.14. The van der Waals surface area contributed by atoms with E-state index in [0.717, 1.165) is 35.1 Å². The standard InChI is InChI=1S/C22H21N5O/c1-3-27(18-12-8-5-9-13-18)21-15-19(17-10-6-4-7-11-17)23-22(25-21)24-20-14-16(2)28-26-20/h4-15H,3H2,1-2H3,(H,23,24,25,26). The molecule has 4 aromatic rings. The first-order valence-corrected chi connectivity index (χ1v) is 9.20. The summed E-state index contributed by atoms with van der Waals surface area (Å²) in [5.41, 5.74) is 2.93. The third kappa shape index (κ3) is 3.86. The Kier molecular flexibility index (Phi) is 5.01. The van der Waals surface area contributed by atoms with Crippen molar-refractivity contribution in [3.05, 3.63) is 78.6 Å². The zero-order valence-electron chi connectivity index (χ0n) is 15.8. The summed E-state index contributed by atoms with van der Waals surface area (Å²) in [5.74, 6) is 2.59. The molecule has 2 aromatic heterocycles. The number of aryl methyl sites for hydroxylation is 1. The molecule has 0 spiro atoms. The molecule has 0 fully saturated rings. The molecular weight excluding hydrogens is 350 g/mol. The lowest BCUT2D eigenvalue weighted by atomic mass is 10.1. The number of hydrogen-bond acceptors (Lipinski definition) is 6. The van der Waals surface area contributed by atoms with E-state index >= 15 is 0 Å². The van der Waals surface area contributed by atoms with Crippen LogP contribution in [0.1, 0.15) is 12.7 Å². The number of nitrogens with one attached hydrogen (secondary N) is 1. The second-order valence-corrected chi connectivity index (χ2v) is 6.33. The second kappa shape index (κ2) is 7.92. The molecule has 0 radical (unpaired) electrons. The lowest BCUT2D eigenvalue weighted by Gasteiger charge is -2.23. The molecule has 0 atom stereocenters. The van der Waals surface area contributed by atoms with Gasteiger partial charge in [0.15, 0.2) is 5.82 Å². The normalized spacial score (nSPS) is 10.6. The van der Waals surface area contributed by atoms with Gasteiger partial charge in [-0.1, -0.05) is 53.7 Å². The lowest BCUT2D eigenvalue weighted by molar-refractivity contribution is 0.400. The van der Waals surface area contributed by atoms with Crippen LogP contribution in [0.2, 0.25) is 0 Å². The molecule has 0 saturated heterocycles. The van der Waals surface area contributed by atoms with Gasteiger partial charge in [-0.05, 0) is 26.0 Å². The van der Waals surface area contributed by atoms with Crippen molar-refractivity contribution in [3.8, 4) is 11.3 Å². The summed E-state index contributed by atoms with van der Waals surface area (Å²) in [7, 11) is 0. The number of para-hydroxylation sites is 1. The predicted molar refractivity (Wildman–Crippen MR) is 111 cm³/mol. The van der Waals surface area contributed by atoms with Crippen LogP contribution in [0, 0.1) is 6.92 Å². The van der Waals surface area contributed by atoms with Crippen LogP contribution in [-0.4, -0.2) is 21.7 Å². The maximum absolute atomic E-state index is 5.14. The molecule has 28 heavy (non-hydrogen) atoms. The Morgan fingerprint density at radius 1 is 0.929 bits per heavy atom. The van der Waals surface area contributed by atoms with Gasteiger partial charge in [-0.25, -0.2) is 4.98 Å². The van der Waals surface area contributed by atoms with Gasteiger partial charge >= 0.3 is 0 Å². The van der Waals surface area contributed by atoms with Gasteiger partial charge in [0.1, 0.15) is 11.6 Å². The fourth-order valence-electron chi connectivity index (χ4n) is 3.01. The summed E-state index contributed by atoms with van der Waals surface area (Å²) in [6.07, 6.45) is 0. The van der Waals surface area contributed by atoms with Crippen LogP contribution in [0.3, 0.4) is 0 Å². The van der Waals surface area contributed by atoms with E-state index in [1.165, 1.54) is 0 Å². The molecule has 2 aromatic carbocycles. The average molecular weight is 371 g/mol. The van der Waals surface area contributed by atoms with Gasteiger partial charge in [0.25, 0.3) is 0 Å². The van der Waals surface area contributed by atoms with Gasteiger partial charge in [-0.2, -0.15) is 4.98 Å². The Labute approximate surface area is 163 Å². The van der Waals surface area contributed by atoms with Crippen molar-refractivity contribution < 1.29 is 4.52 Å². The monoisotopic (exact) mass is 371 g/mol. The van der Waals surface area contributed by atoms with E-state index < -0.39 is 0 Å². The summed E-state index contributed by atoms with van der Waals surface area (Å²) in [5, 5.41) is 7.14. The SMILES string of the molecule is CCN(c1ccccc1)c1cc(-c2ccccc2)nc(Nc2cc(C)on2)n1. The molecule has 0 aliphatic carbocycles. The van der Waals surface area contributed by atoms with Crippen LogP contribution in [0.15, 0.2) is 77.3 Å². The van der Waals surface area contributed by atoms with E-state index in [2.05, 4.69) is 39.4 Å². The van der Waals surface area contributed by atoms with Gasteiger partial charge in [0.2, 0.25) is 5.95 Å². The molecular formula is C22H21N5O. The molecule has 0 saturated carbocycles. The zero-order valence-corrected chi connectivity index (χ0v) is 15.8. The minimum atomic E-state index is 0.471. The molecule has 140 valence electrons. The fraction of sp³-hybridized carbons (Fsp3) is 0.136. The van der Waals surface area contributed by atoms with Gasteiger partial charge in [-0.15, -0.1) is 0 Å². The largest absolute Gasteiger partial charge is 0.360 e. The molecule has 6 heteroatoms. The third-order valence-corrected chi connectivity index (χ3v) is 4.31. The molecule has 0 aliphatic rings. The Bertz CT molecular complexity index is 1050. The number of aromatic nitrogens is 3. The summed E-state index contributed by atoms with van der Waals surface area (Å²) in [4.78, 5) is 11.6. The van der Waals surface area contributed by atoms with Gasteiger partial charge in [0, 0.05) is 29.9 Å². The van der Waals surface area contributed by atoms with E-state index in [9.17, 15) is 0 Å². The Hall–Kier alpha value is -3.67. The van der Waals surface area contributed by atoms with Crippen LogP contribution in [-0.2, 0) is 0 Å². The topological polar surface area (TPSA) is 67.1 Å². The zero-order chi connectivity index (χ0) is 19.3. The van der Waals surface area contributed by atoms with E-state index in [-0.39, 0.29) is 0 Å². The van der Waals surface area contributed by atoms with E-state index in [0.29, 0.717) is 11.8 Å². The number of nitrogens with zero attached hydrogens (tertiary/aromatic N) is 4. The minimum Gasteiger partial charge on any atom is -0.360 e. The van der Waals surface area contributed by atoms with Crippen molar-refractivity contribution >= 4 is 23.3 Å². The summed E-state index contributed by atoms with van der Waals surface area (Å²) >= 11 is 0. The maximum atomic E-state index is 5.14. The predicted octanol–water partition coefficient (Wildman–Crippen LogP) is 5.34. The highest BCUT2D eigenvalue weighted by Crippen LogP contribution is 2.29. The summed E-state index contributed by atoms with van der Waals surface area (Å²) in [6, 6.07) is 24.1. The molecule has 0 amide bonds. The molecule has 1 N–H and O–H groups in total. The van der Waals surface area contributed by atoms with Crippen LogP contribution in [0.5, 0.6) is 0 Å². The highest BCUT2D eigenvalue weighted by Gasteiger charge is 2.14. The molecule has 2 heterocycles. The second-order valence-electron chi connectivity index (χ2n) is 6.33. The van der Waals surface area contributed by atoms with Crippen molar-refractivity contribution in [2.45, 2.75) is 13.8 Å².